The second-order valence-electron chi connectivity index (χ2n) is 5.73. The molecule has 1 fully saturated rings. The number of nitrogens with one attached hydrogen (secondary N) is 1. The lowest BCUT2D eigenvalue weighted by atomic mass is 10.1. The molecule has 23 heavy (non-hydrogen) atoms. The van der Waals surface area contributed by atoms with Gasteiger partial charge < -0.3 is 14.8 Å². The summed E-state index contributed by atoms with van der Waals surface area (Å²) < 4.78 is 25.3. The fourth-order valence-corrected chi connectivity index (χ4v) is 2.72. The summed E-state index contributed by atoms with van der Waals surface area (Å²) in [5.41, 5.74) is 0.676. The van der Waals surface area contributed by atoms with Gasteiger partial charge in [0.1, 0.15) is 23.4 Å². The van der Waals surface area contributed by atoms with Crippen molar-refractivity contribution in [1.82, 2.24) is 5.32 Å². The first-order chi connectivity index (χ1) is 11.3. The Morgan fingerprint density at radius 2 is 1.78 bits per heavy atom. The number of rotatable bonds is 6. The molecule has 2 aromatic rings. The van der Waals surface area contributed by atoms with E-state index in [0.29, 0.717) is 18.6 Å². The number of hydrogen-bond acceptors (Lipinski definition) is 3. The molecule has 4 heteroatoms. The zero-order valence-electron chi connectivity index (χ0n) is 13.1. The minimum absolute atomic E-state index is 0.181. The van der Waals surface area contributed by atoms with E-state index in [9.17, 15) is 4.39 Å². The molecule has 1 aliphatic heterocycles. The monoisotopic (exact) mass is 315 g/mol. The van der Waals surface area contributed by atoms with Crippen LogP contribution in [0.15, 0.2) is 48.5 Å². The Bertz CT molecular complexity index is 626. The van der Waals surface area contributed by atoms with Gasteiger partial charge in [-0.15, -0.1) is 0 Å². The van der Waals surface area contributed by atoms with E-state index in [1.165, 1.54) is 6.07 Å². The van der Waals surface area contributed by atoms with Crippen LogP contribution in [0.2, 0.25) is 0 Å². The molecule has 1 saturated heterocycles. The maximum atomic E-state index is 13.6. The average Bonchev–Trinajstić information content (AvgIpc) is 2.58. The first-order valence-corrected chi connectivity index (χ1v) is 8.15. The number of halogens is 1. The predicted molar refractivity (Wildman–Crippen MR) is 88.6 cm³/mol. The van der Waals surface area contributed by atoms with Gasteiger partial charge in [-0.25, -0.2) is 4.39 Å². The van der Waals surface area contributed by atoms with Crippen LogP contribution in [0.3, 0.4) is 0 Å². The van der Waals surface area contributed by atoms with Crippen LogP contribution in [-0.2, 0) is 6.42 Å². The Labute approximate surface area is 136 Å². The molecule has 0 aliphatic carbocycles. The fourth-order valence-electron chi connectivity index (χ4n) is 2.72. The molecular weight excluding hydrogens is 293 g/mol. The minimum Gasteiger partial charge on any atom is -0.493 e. The van der Waals surface area contributed by atoms with E-state index in [2.05, 4.69) is 5.32 Å². The van der Waals surface area contributed by atoms with Crippen LogP contribution in [0.1, 0.15) is 18.4 Å². The standard InChI is InChI=1S/C19H22FNO2/c20-19-7-2-1-4-15(19)10-13-22-17-5-3-6-18(14-17)23-16-8-11-21-12-9-16/h1-7,14,16,21H,8-13H2. The van der Waals surface area contributed by atoms with Crippen molar-refractivity contribution >= 4 is 0 Å². The van der Waals surface area contributed by atoms with Gasteiger partial charge in [0, 0.05) is 12.5 Å². The van der Waals surface area contributed by atoms with Gasteiger partial charge in [-0.2, -0.15) is 0 Å². The third-order valence-corrected chi connectivity index (χ3v) is 3.99. The largest absolute Gasteiger partial charge is 0.493 e. The lowest BCUT2D eigenvalue weighted by molar-refractivity contribution is 0.162. The zero-order valence-corrected chi connectivity index (χ0v) is 13.1. The Hall–Kier alpha value is -2.07. The van der Waals surface area contributed by atoms with Gasteiger partial charge in [0.15, 0.2) is 0 Å². The predicted octanol–water partition coefficient (Wildman–Crippen LogP) is 3.58. The Morgan fingerprint density at radius 3 is 2.61 bits per heavy atom. The van der Waals surface area contributed by atoms with Crippen molar-refractivity contribution < 1.29 is 13.9 Å². The van der Waals surface area contributed by atoms with Crippen molar-refractivity contribution in [2.24, 2.45) is 0 Å². The molecule has 1 N–H and O–H groups in total. The smallest absolute Gasteiger partial charge is 0.126 e. The summed E-state index contributed by atoms with van der Waals surface area (Å²) in [5, 5.41) is 3.32. The highest BCUT2D eigenvalue weighted by Crippen LogP contribution is 2.22. The average molecular weight is 315 g/mol. The molecule has 0 radical (unpaired) electrons. The zero-order chi connectivity index (χ0) is 15.9. The lowest BCUT2D eigenvalue weighted by Crippen LogP contribution is -2.34. The van der Waals surface area contributed by atoms with Crippen molar-refractivity contribution in [3.63, 3.8) is 0 Å². The molecule has 2 aromatic carbocycles. The number of hydrogen-bond donors (Lipinski definition) is 1. The lowest BCUT2D eigenvalue weighted by Gasteiger charge is -2.24. The van der Waals surface area contributed by atoms with Gasteiger partial charge in [-0.1, -0.05) is 24.3 Å². The maximum absolute atomic E-state index is 13.6. The molecule has 0 spiro atoms. The molecule has 0 saturated carbocycles. The second kappa shape index (κ2) is 7.97. The molecule has 0 bridgehead atoms. The molecule has 0 unspecified atom stereocenters. The molecular formula is C19H22FNO2. The minimum atomic E-state index is -0.181. The molecule has 1 aliphatic rings. The Kier molecular flexibility index (Phi) is 5.48. The third kappa shape index (κ3) is 4.70. The molecule has 1 heterocycles. The van der Waals surface area contributed by atoms with Gasteiger partial charge in [0.05, 0.1) is 6.61 Å². The van der Waals surface area contributed by atoms with E-state index in [4.69, 9.17) is 9.47 Å². The Balaban J connectivity index is 1.52. The SMILES string of the molecule is Fc1ccccc1CCOc1cccc(OC2CCNCC2)c1. The van der Waals surface area contributed by atoms with Crippen LogP contribution < -0.4 is 14.8 Å². The highest BCUT2D eigenvalue weighted by molar-refractivity contribution is 5.33. The van der Waals surface area contributed by atoms with Crippen LogP contribution in [0, 0.1) is 5.82 Å². The molecule has 0 amide bonds. The van der Waals surface area contributed by atoms with Crippen molar-refractivity contribution in [2.75, 3.05) is 19.7 Å². The second-order valence-corrected chi connectivity index (χ2v) is 5.73. The maximum Gasteiger partial charge on any atom is 0.126 e. The highest BCUT2D eigenvalue weighted by atomic mass is 19.1. The topological polar surface area (TPSA) is 30.5 Å². The molecule has 0 aromatic heterocycles. The number of ether oxygens (including phenoxy) is 2. The van der Waals surface area contributed by atoms with E-state index in [1.54, 1.807) is 12.1 Å². The molecule has 122 valence electrons. The van der Waals surface area contributed by atoms with Crippen molar-refractivity contribution in [2.45, 2.75) is 25.4 Å². The van der Waals surface area contributed by atoms with Crippen LogP contribution in [0.5, 0.6) is 11.5 Å². The van der Waals surface area contributed by atoms with E-state index in [1.807, 2.05) is 30.3 Å². The van der Waals surface area contributed by atoms with Gasteiger partial charge in [0.25, 0.3) is 0 Å². The van der Waals surface area contributed by atoms with Crippen molar-refractivity contribution in [3.8, 4) is 11.5 Å². The summed E-state index contributed by atoms with van der Waals surface area (Å²) in [5.74, 6) is 1.41. The molecule has 0 atom stereocenters. The van der Waals surface area contributed by atoms with Crippen LogP contribution in [0.25, 0.3) is 0 Å². The summed E-state index contributed by atoms with van der Waals surface area (Å²) in [7, 11) is 0. The van der Waals surface area contributed by atoms with Crippen LogP contribution >= 0.6 is 0 Å². The van der Waals surface area contributed by atoms with Crippen LogP contribution in [0.4, 0.5) is 4.39 Å². The van der Waals surface area contributed by atoms with E-state index in [-0.39, 0.29) is 11.9 Å². The van der Waals surface area contributed by atoms with E-state index >= 15 is 0 Å². The Morgan fingerprint density at radius 1 is 1.00 bits per heavy atom. The van der Waals surface area contributed by atoms with Crippen LogP contribution in [-0.4, -0.2) is 25.8 Å². The summed E-state index contributed by atoms with van der Waals surface area (Å²) in [4.78, 5) is 0. The van der Waals surface area contributed by atoms with E-state index in [0.717, 1.165) is 37.4 Å². The summed E-state index contributed by atoms with van der Waals surface area (Å²) in [6.07, 6.45) is 2.87. The van der Waals surface area contributed by atoms with Gasteiger partial charge in [-0.3, -0.25) is 0 Å². The highest BCUT2D eigenvalue weighted by Gasteiger charge is 2.14. The summed E-state index contributed by atoms with van der Waals surface area (Å²) in [6.45, 7) is 2.45. The van der Waals surface area contributed by atoms with Gasteiger partial charge in [0.2, 0.25) is 0 Å². The number of benzene rings is 2. The van der Waals surface area contributed by atoms with Crippen molar-refractivity contribution in [1.29, 1.82) is 0 Å². The summed E-state index contributed by atoms with van der Waals surface area (Å²) >= 11 is 0. The molecule has 3 nitrogen and oxygen atoms in total. The quantitative estimate of drug-likeness (QED) is 0.884. The van der Waals surface area contributed by atoms with Gasteiger partial charge in [-0.05, 0) is 49.7 Å². The third-order valence-electron chi connectivity index (χ3n) is 3.99. The fraction of sp³-hybridized carbons (Fsp3) is 0.368. The summed E-state index contributed by atoms with van der Waals surface area (Å²) in [6, 6.07) is 14.5. The van der Waals surface area contributed by atoms with Crippen molar-refractivity contribution in [3.05, 3.63) is 59.9 Å². The van der Waals surface area contributed by atoms with Gasteiger partial charge >= 0.3 is 0 Å². The number of piperidine rings is 1. The van der Waals surface area contributed by atoms with E-state index < -0.39 is 0 Å². The first kappa shape index (κ1) is 15.8. The molecule has 3 rings (SSSR count). The first-order valence-electron chi connectivity index (χ1n) is 8.15. The normalized spacial score (nSPS) is 15.3.